The first-order chi connectivity index (χ1) is 9.13. The van der Waals surface area contributed by atoms with Crippen LogP contribution in [0.5, 0.6) is 5.75 Å². The maximum atomic E-state index is 14.0. The molecule has 1 nitrogen and oxygen atoms in total. The second-order valence-corrected chi connectivity index (χ2v) is 4.32. The second-order valence-electron chi connectivity index (χ2n) is 4.32. The van der Waals surface area contributed by atoms with Crippen LogP contribution in [0.15, 0.2) is 54.6 Å². The van der Waals surface area contributed by atoms with E-state index in [1.54, 1.807) is 30.3 Å². The summed E-state index contributed by atoms with van der Waals surface area (Å²) >= 11 is 0. The van der Waals surface area contributed by atoms with E-state index in [2.05, 4.69) is 0 Å². The quantitative estimate of drug-likeness (QED) is 0.775. The molecule has 0 saturated carbocycles. The first kappa shape index (κ1) is 13.5. The molecule has 0 radical (unpaired) electrons. The van der Waals surface area contributed by atoms with Crippen LogP contribution in [0.3, 0.4) is 0 Å². The zero-order chi connectivity index (χ0) is 13.7. The number of halogens is 2. The number of hydrogen-bond donors (Lipinski definition) is 0. The molecule has 0 saturated heterocycles. The van der Waals surface area contributed by atoms with Gasteiger partial charge in [-0.2, -0.15) is 8.78 Å². The summed E-state index contributed by atoms with van der Waals surface area (Å²) in [4.78, 5) is 0. The van der Waals surface area contributed by atoms with E-state index >= 15 is 0 Å². The fraction of sp³-hybridized carbons (Fsp3) is 0.250. The van der Waals surface area contributed by atoms with E-state index in [0.717, 1.165) is 12.0 Å². The summed E-state index contributed by atoms with van der Waals surface area (Å²) in [5, 5.41) is 0. The van der Waals surface area contributed by atoms with Crippen molar-refractivity contribution >= 4 is 0 Å². The summed E-state index contributed by atoms with van der Waals surface area (Å²) in [6.07, 6.45) is 0.757. The Morgan fingerprint density at radius 3 is 2.26 bits per heavy atom. The third-order valence-electron chi connectivity index (χ3n) is 2.96. The van der Waals surface area contributed by atoms with E-state index in [0.29, 0.717) is 5.75 Å². The Labute approximate surface area is 111 Å². The Morgan fingerprint density at radius 2 is 1.58 bits per heavy atom. The highest BCUT2D eigenvalue weighted by Gasteiger charge is 2.32. The second kappa shape index (κ2) is 5.83. The van der Waals surface area contributed by atoms with Gasteiger partial charge in [0.2, 0.25) is 0 Å². The van der Waals surface area contributed by atoms with Gasteiger partial charge in [-0.3, -0.25) is 0 Å². The third-order valence-corrected chi connectivity index (χ3v) is 2.96. The Balaban J connectivity index is 2.10. The van der Waals surface area contributed by atoms with E-state index in [1.165, 1.54) is 12.1 Å². The fourth-order valence-electron chi connectivity index (χ4n) is 1.87. The van der Waals surface area contributed by atoms with Crippen LogP contribution in [0, 0.1) is 0 Å². The maximum absolute atomic E-state index is 14.0. The van der Waals surface area contributed by atoms with Crippen molar-refractivity contribution in [1.29, 1.82) is 0 Å². The summed E-state index contributed by atoms with van der Waals surface area (Å²) in [5.74, 6) is -2.46. The molecule has 0 atom stereocenters. The molecule has 100 valence electrons. The van der Waals surface area contributed by atoms with Gasteiger partial charge in [0.25, 0.3) is 0 Å². The minimum absolute atomic E-state index is 0.0241. The Bertz CT molecular complexity index is 523. The van der Waals surface area contributed by atoms with Crippen LogP contribution in [0.4, 0.5) is 8.78 Å². The first-order valence-corrected chi connectivity index (χ1v) is 6.27. The maximum Gasteiger partial charge on any atom is 0.306 e. The average molecular weight is 262 g/mol. The van der Waals surface area contributed by atoms with Crippen molar-refractivity contribution in [2.75, 3.05) is 6.61 Å². The van der Waals surface area contributed by atoms with E-state index in [9.17, 15) is 8.78 Å². The number of hydrogen-bond acceptors (Lipinski definition) is 1. The lowest BCUT2D eigenvalue weighted by atomic mass is 10.1. The van der Waals surface area contributed by atoms with Crippen LogP contribution in [0.2, 0.25) is 0 Å². The molecule has 0 fully saturated rings. The van der Waals surface area contributed by atoms with Gasteiger partial charge < -0.3 is 4.74 Å². The van der Waals surface area contributed by atoms with Crippen molar-refractivity contribution in [3.63, 3.8) is 0 Å². The molecule has 0 amide bonds. The smallest absolute Gasteiger partial charge is 0.306 e. The Hall–Kier alpha value is -1.90. The van der Waals surface area contributed by atoms with Gasteiger partial charge in [0.05, 0.1) is 0 Å². The van der Waals surface area contributed by atoms with Crippen LogP contribution in [-0.4, -0.2) is 6.61 Å². The molecule has 19 heavy (non-hydrogen) atoms. The number of rotatable bonds is 5. The van der Waals surface area contributed by atoms with E-state index < -0.39 is 12.5 Å². The van der Waals surface area contributed by atoms with E-state index in [1.807, 2.05) is 19.1 Å². The predicted molar refractivity (Wildman–Crippen MR) is 71.7 cm³/mol. The molecule has 2 aromatic rings. The third kappa shape index (κ3) is 3.31. The Kier molecular flexibility index (Phi) is 4.15. The summed E-state index contributed by atoms with van der Waals surface area (Å²) in [6.45, 7) is 1.32. The van der Waals surface area contributed by atoms with Crippen LogP contribution in [0.1, 0.15) is 18.1 Å². The highest BCUT2D eigenvalue weighted by Crippen LogP contribution is 2.29. The summed E-state index contributed by atoms with van der Waals surface area (Å²) < 4.78 is 33.2. The van der Waals surface area contributed by atoms with Crippen LogP contribution >= 0.6 is 0 Å². The van der Waals surface area contributed by atoms with Gasteiger partial charge in [-0.05, 0) is 18.1 Å². The number of para-hydroxylation sites is 1. The van der Waals surface area contributed by atoms with Gasteiger partial charge in [-0.15, -0.1) is 0 Å². The zero-order valence-corrected chi connectivity index (χ0v) is 10.8. The molecule has 2 aromatic carbocycles. The largest absolute Gasteiger partial charge is 0.487 e. The molecular formula is C16H16F2O. The number of alkyl halides is 2. The lowest BCUT2D eigenvalue weighted by molar-refractivity contribution is -0.0469. The molecule has 0 bridgehead atoms. The van der Waals surface area contributed by atoms with Crippen molar-refractivity contribution in [3.8, 4) is 5.75 Å². The van der Waals surface area contributed by atoms with Gasteiger partial charge in [-0.1, -0.05) is 55.5 Å². The lowest BCUT2D eigenvalue weighted by Crippen LogP contribution is -2.23. The molecule has 3 heteroatoms. The van der Waals surface area contributed by atoms with Gasteiger partial charge in [-0.25, -0.2) is 0 Å². The minimum atomic E-state index is -2.98. The normalized spacial score (nSPS) is 11.3. The molecule has 2 rings (SSSR count). The van der Waals surface area contributed by atoms with Crippen LogP contribution < -0.4 is 4.74 Å². The van der Waals surface area contributed by atoms with Crippen molar-refractivity contribution in [3.05, 3.63) is 65.7 Å². The molecule has 0 aliphatic rings. The number of benzene rings is 2. The SMILES string of the molecule is CCc1ccccc1OCC(F)(F)c1ccccc1. The Morgan fingerprint density at radius 1 is 0.947 bits per heavy atom. The van der Waals surface area contributed by atoms with E-state index in [4.69, 9.17) is 4.74 Å². The first-order valence-electron chi connectivity index (χ1n) is 6.27. The summed E-state index contributed by atoms with van der Waals surface area (Å²) in [6, 6.07) is 15.0. The lowest BCUT2D eigenvalue weighted by Gasteiger charge is -2.18. The minimum Gasteiger partial charge on any atom is -0.487 e. The summed E-state index contributed by atoms with van der Waals surface area (Å²) in [7, 11) is 0. The molecule has 0 spiro atoms. The monoisotopic (exact) mass is 262 g/mol. The summed E-state index contributed by atoms with van der Waals surface area (Å²) in [5.41, 5.74) is 0.912. The predicted octanol–water partition coefficient (Wildman–Crippen LogP) is 4.42. The molecule has 0 aliphatic heterocycles. The zero-order valence-electron chi connectivity index (χ0n) is 10.8. The molecular weight excluding hydrogens is 246 g/mol. The highest BCUT2D eigenvalue weighted by molar-refractivity contribution is 5.33. The average Bonchev–Trinajstić information content (AvgIpc) is 2.46. The van der Waals surface area contributed by atoms with E-state index in [-0.39, 0.29) is 5.56 Å². The fourth-order valence-corrected chi connectivity index (χ4v) is 1.87. The van der Waals surface area contributed by atoms with Crippen molar-refractivity contribution in [2.24, 2.45) is 0 Å². The van der Waals surface area contributed by atoms with Gasteiger partial charge in [0.15, 0.2) is 6.61 Å². The molecule has 0 aliphatic carbocycles. The van der Waals surface area contributed by atoms with Crippen LogP contribution in [0.25, 0.3) is 0 Å². The number of aryl methyl sites for hydroxylation is 1. The molecule has 0 N–H and O–H groups in total. The van der Waals surface area contributed by atoms with Crippen molar-refractivity contribution in [1.82, 2.24) is 0 Å². The molecule has 0 aromatic heterocycles. The van der Waals surface area contributed by atoms with Crippen molar-refractivity contribution in [2.45, 2.75) is 19.3 Å². The topological polar surface area (TPSA) is 9.23 Å². The standard InChI is InChI=1S/C16H16F2O/c1-2-13-8-6-7-11-15(13)19-12-16(17,18)14-9-4-3-5-10-14/h3-11H,2,12H2,1H3. The van der Waals surface area contributed by atoms with Gasteiger partial charge >= 0.3 is 5.92 Å². The number of ether oxygens (including phenoxy) is 1. The van der Waals surface area contributed by atoms with Crippen molar-refractivity contribution < 1.29 is 13.5 Å². The van der Waals surface area contributed by atoms with Gasteiger partial charge in [0.1, 0.15) is 5.75 Å². The van der Waals surface area contributed by atoms with Crippen LogP contribution in [-0.2, 0) is 12.3 Å². The molecule has 0 heterocycles. The highest BCUT2D eigenvalue weighted by atomic mass is 19.3. The molecule has 0 unspecified atom stereocenters. The van der Waals surface area contributed by atoms with Gasteiger partial charge in [0, 0.05) is 5.56 Å².